The number of imide groups is 1. The molecule has 40 heavy (non-hydrogen) atoms. The molecule has 0 bridgehead atoms. The van der Waals surface area contributed by atoms with Crippen molar-refractivity contribution < 1.29 is 28.8 Å². The maximum absolute atomic E-state index is 13.3. The number of hydrogen-bond donors (Lipinski definition) is 0. The first-order valence-electron chi connectivity index (χ1n) is 12.5. The van der Waals surface area contributed by atoms with Gasteiger partial charge in [0.15, 0.2) is 6.10 Å². The number of Topliss-reactive ketones (excluding diaryl/α,β-unsaturated/α-hetero) is 1. The number of carbonyl (C=O) groups is 4. The van der Waals surface area contributed by atoms with Gasteiger partial charge in [0.25, 0.3) is 5.69 Å². The molecule has 0 spiro atoms. The van der Waals surface area contributed by atoms with Crippen molar-refractivity contribution in [3.63, 3.8) is 0 Å². The minimum atomic E-state index is -1.35. The molecule has 3 aromatic rings. The predicted molar refractivity (Wildman–Crippen MR) is 153 cm³/mol. The van der Waals surface area contributed by atoms with Gasteiger partial charge in [0, 0.05) is 32.9 Å². The van der Waals surface area contributed by atoms with Gasteiger partial charge in [-0.25, -0.2) is 4.79 Å². The molecule has 1 aliphatic carbocycles. The van der Waals surface area contributed by atoms with E-state index >= 15 is 0 Å². The Balaban J connectivity index is 1.37. The topological polar surface area (TPSA) is 124 Å². The first-order valence-corrected chi connectivity index (χ1v) is 14.3. The molecule has 2 aliphatic rings. The number of ether oxygens (including phenoxy) is 1. The lowest BCUT2D eigenvalue weighted by atomic mass is 9.81. The molecule has 0 radical (unpaired) electrons. The summed E-state index contributed by atoms with van der Waals surface area (Å²) in [6, 6.07) is 19.3. The second-order valence-electron chi connectivity index (χ2n) is 9.64. The first-order chi connectivity index (χ1) is 19.2. The minimum Gasteiger partial charge on any atom is -0.445 e. The fourth-order valence-electron chi connectivity index (χ4n) is 5.07. The number of anilines is 1. The van der Waals surface area contributed by atoms with Gasteiger partial charge in [-0.3, -0.25) is 29.4 Å². The highest BCUT2D eigenvalue weighted by Gasteiger charge is 2.52. The van der Waals surface area contributed by atoms with Crippen molar-refractivity contribution in [3.05, 3.63) is 106 Å². The van der Waals surface area contributed by atoms with Crippen LogP contribution in [0.4, 0.5) is 11.4 Å². The van der Waals surface area contributed by atoms with Gasteiger partial charge in [0.2, 0.25) is 17.6 Å². The van der Waals surface area contributed by atoms with Crippen molar-refractivity contribution in [2.75, 3.05) is 4.90 Å². The SMILES string of the molecule is O=C(O[C@H](C(=O)c1ccccc1)c1ccc([N+](=O)[O-])cc1)c1ccc(N2C(=O)[C@@H]3C[C@@H](Br)[C@@H](Br)C[C@H]3C2=O)cc1. The van der Waals surface area contributed by atoms with E-state index in [2.05, 4.69) is 31.9 Å². The Labute approximate surface area is 245 Å². The van der Waals surface area contributed by atoms with E-state index in [1.54, 1.807) is 30.3 Å². The molecule has 2 amide bonds. The summed E-state index contributed by atoms with van der Waals surface area (Å²) < 4.78 is 5.63. The molecule has 9 nitrogen and oxygen atoms in total. The molecule has 1 heterocycles. The molecule has 0 N–H and O–H groups in total. The van der Waals surface area contributed by atoms with Crippen LogP contribution in [0.2, 0.25) is 0 Å². The number of fused-ring (bicyclic) bond motifs is 1. The highest BCUT2D eigenvalue weighted by Crippen LogP contribution is 2.44. The molecule has 204 valence electrons. The summed E-state index contributed by atoms with van der Waals surface area (Å²) in [5, 5.41) is 11.1. The van der Waals surface area contributed by atoms with Crippen LogP contribution in [0.25, 0.3) is 0 Å². The number of nitro benzene ring substituents is 1. The summed E-state index contributed by atoms with van der Waals surface area (Å²) in [6.45, 7) is 0. The average molecular weight is 670 g/mol. The summed E-state index contributed by atoms with van der Waals surface area (Å²) in [6.07, 6.45) is -0.258. The number of amides is 2. The van der Waals surface area contributed by atoms with Crippen LogP contribution in [0, 0.1) is 22.0 Å². The van der Waals surface area contributed by atoms with Crippen LogP contribution >= 0.6 is 31.9 Å². The second-order valence-corrected chi connectivity index (χ2v) is 12.0. The minimum absolute atomic E-state index is 0.0879. The molecular formula is C29H22Br2N2O7. The van der Waals surface area contributed by atoms with Gasteiger partial charge in [-0.2, -0.15) is 0 Å². The Morgan fingerprint density at radius 3 is 1.90 bits per heavy atom. The zero-order valence-electron chi connectivity index (χ0n) is 20.8. The van der Waals surface area contributed by atoms with Crippen LogP contribution in [0.15, 0.2) is 78.9 Å². The predicted octanol–water partition coefficient (Wildman–Crippen LogP) is 5.80. The van der Waals surface area contributed by atoms with E-state index in [9.17, 15) is 29.3 Å². The molecule has 2 fully saturated rings. The standard InChI is InChI=1S/C29H22Br2N2O7/c30-23-14-21-22(15-24(23)31)28(36)32(27(21)35)19-10-8-18(9-11-19)29(37)40-26(25(34)16-4-2-1-3-5-16)17-6-12-20(13-7-17)33(38)39/h1-13,21-24,26H,14-15H2/t21-,22-,23-,24+,26+/m1/s1. The number of esters is 1. The lowest BCUT2D eigenvalue weighted by Gasteiger charge is -2.29. The summed E-state index contributed by atoms with van der Waals surface area (Å²) in [5.41, 5.74) is 0.869. The van der Waals surface area contributed by atoms with Crippen molar-refractivity contribution in [2.24, 2.45) is 11.8 Å². The summed E-state index contributed by atoms with van der Waals surface area (Å²) in [4.78, 5) is 64.5. The quantitative estimate of drug-likeness (QED) is 0.0778. The second kappa shape index (κ2) is 11.4. The number of ketones is 1. The normalized spacial score (nSPS) is 22.9. The number of nitrogens with zero attached hydrogens (tertiary/aromatic N) is 2. The Morgan fingerprint density at radius 2 is 1.38 bits per heavy atom. The summed E-state index contributed by atoms with van der Waals surface area (Å²) in [5.74, 6) is -2.63. The van der Waals surface area contributed by atoms with Crippen molar-refractivity contribution in [1.82, 2.24) is 0 Å². The number of halogens is 2. The summed E-state index contributed by atoms with van der Waals surface area (Å²) in [7, 11) is 0. The molecule has 1 saturated carbocycles. The lowest BCUT2D eigenvalue weighted by Crippen LogP contribution is -2.34. The van der Waals surface area contributed by atoms with Crippen LogP contribution in [-0.2, 0) is 14.3 Å². The van der Waals surface area contributed by atoms with Gasteiger partial charge >= 0.3 is 5.97 Å². The van der Waals surface area contributed by atoms with Gasteiger partial charge in [-0.05, 0) is 49.2 Å². The fourth-order valence-corrected chi connectivity index (χ4v) is 6.31. The van der Waals surface area contributed by atoms with Crippen LogP contribution in [-0.4, -0.2) is 38.1 Å². The third kappa shape index (κ3) is 5.35. The van der Waals surface area contributed by atoms with E-state index in [0.717, 1.165) is 0 Å². The van der Waals surface area contributed by atoms with E-state index in [1.807, 2.05) is 0 Å². The third-order valence-electron chi connectivity index (χ3n) is 7.20. The number of rotatable bonds is 7. The Morgan fingerprint density at radius 1 is 0.825 bits per heavy atom. The van der Waals surface area contributed by atoms with Crippen molar-refractivity contribution in [2.45, 2.75) is 28.6 Å². The molecule has 5 rings (SSSR count). The molecule has 3 aromatic carbocycles. The van der Waals surface area contributed by atoms with E-state index in [4.69, 9.17) is 4.74 Å². The van der Waals surface area contributed by atoms with Crippen molar-refractivity contribution in [3.8, 4) is 0 Å². The third-order valence-corrected chi connectivity index (χ3v) is 9.93. The number of non-ortho nitro benzene ring substituents is 1. The summed E-state index contributed by atoms with van der Waals surface area (Å²) >= 11 is 7.15. The number of nitro groups is 1. The zero-order valence-corrected chi connectivity index (χ0v) is 24.0. The Bertz CT molecular complexity index is 1450. The van der Waals surface area contributed by atoms with E-state index in [-0.39, 0.29) is 38.3 Å². The van der Waals surface area contributed by atoms with Gasteiger partial charge in [0.1, 0.15) is 0 Å². The number of hydrogen-bond acceptors (Lipinski definition) is 7. The largest absolute Gasteiger partial charge is 0.445 e. The van der Waals surface area contributed by atoms with Gasteiger partial charge in [-0.15, -0.1) is 0 Å². The number of carbonyl (C=O) groups excluding carboxylic acids is 4. The highest BCUT2D eigenvalue weighted by molar-refractivity contribution is 9.12. The van der Waals surface area contributed by atoms with Gasteiger partial charge in [-0.1, -0.05) is 62.2 Å². The Hall–Kier alpha value is -3.70. The maximum atomic E-state index is 13.3. The van der Waals surface area contributed by atoms with Crippen LogP contribution in [0.3, 0.4) is 0 Å². The maximum Gasteiger partial charge on any atom is 0.339 e. The van der Waals surface area contributed by atoms with E-state index in [1.165, 1.54) is 53.4 Å². The van der Waals surface area contributed by atoms with Gasteiger partial charge in [0.05, 0.1) is 28.0 Å². The van der Waals surface area contributed by atoms with Crippen LogP contribution in [0.1, 0.15) is 45.2 Å². The zero-order chi connectivity index (χ0) is 28.6. The van der Waals surface area contributed by atoms with Crippen LogP contribution in [0.5, 0.6) is 0 Å². The molecular weight excluding hydrogens is 648 g/mol. The number of benzene rings is 3. The van der Waals surface area contributed by atoms with E-state index < -0.39 is 34.6 Å². The fraction of sp³-hybridized carbons (Fsp3) is 0.241. The van der Waals surface area contributed by atoms with Crippen molar-refractivity contribution in [1.29, 1.82) is 0 Å². The molecule has 5 atom stereocenters. The van der Waals surface area contributed by atoms with Gasteiger partial charge < -0.3 is 4.74 Å². The lowest BCUT2D eigenvalue weighted by molar-refractivity contribution is -0.384. The number of alkyl halides is 2. The van der Waals surface area contributed by atoms with Crippen LogP contribution < -0.4 is 4.90 Å². The Kier molecular flexibility index (Phi) is 7.95. The molecule has 0 unspecified atom stereocenters. The molecule has 1 aliphatic heterocycles. The monoisotopic (exact) mass is 668 g/mol. The first kappa shape index (κ1) is 27.9. The molecule has 11 heteroatoms. The van der Waals surface area contributed by atoms with Crippen molar-refractivity contribution >= 4 is 66.8 Å². The van der Waals surface area contributed by atoms with E-state index in [0.29, 0.717) is 24.1 Å². The molecule has 1 saturated heterocycles. The molecule has 0 aromatic heterocycles. The smallest absolute Gasteiger partial charge is 0.339 e. The highest BCUT2D eigenvalue weighted by atomic mass is 79.9. The average Bonchev–Trinajstić information content (AvgIpc) is 3.20.